The molecule has 0 bridgehead atoms. The van der Waals surface area contributed by atoms with Crippen molar-refractivity contribution in [3.05, 3.63) is 16.7 Å². The van der Waals surface area contributed by atoms with Gasteiger partial charge < -0.3 is 4.90 Å². The molecule has 2 heterocycles. The fraction of sp³-hybridized carbons (Fsp3) is 0.583. The van der Waals surface area contributed by atoms with E-state index in [2.05, 4.69) is 28.5 Å². The lowest BCUT2D eigenvalue weighted by Gasteiger charge is -2.19. The number of nitrogens with one attached hydrogen (secondary N) is 1. The van der Waals surface area contributed by atoms with E-state index in [1.807, 2.05) is 0 Å². The Morgan fingerprint density at radius 2 is 2.19 bits per heavy atom. The molecule has 2 rings (SSSR count). The van der Waals surface area contributed by atoms with Crippen LogP contribution in [0, 0.1) is 0 Å². The zero-order valence-electron chi connectivity index (χ0n) is 12.0. The van der Waals surface area contributed by atoms with Gasteiger partial charge in [-0.25, -0.2) is 18.1 Å². The predicted molar refractivity (Wildman–Crippen MR) is 85.7 cm³/mol. The predicted octanol–water partition coefficient (Wildman–Crippen LogP) is 2.06. The molecule has 118 valence electrons. The number of hydrogen-bond acceptors (Lipinski definition) is 5. The van der Waals surface area contributed by atoms with Crippen molar-refractivity contribution in [2.24, 2.45) is 0 Å². The average molecular weight is 351 g/mol. The molecular formula is C12H19ClN4O2S2. The summed E-state index contributed by atoms with van der Waals surface area (Å²) in [5.41, 5.74) is 0. The van der Waals surface area contributed by atoms with Crippen molar-refractivity contribution in [3.63, 3.8) is 0 Å². The Bertz CT molecular complexity index is 695. The molecule has 0 atom stereocenters. The van der Waals surface area contributed by atoms with Gasteiger partial charge in [0.25, 0.3) is 10.0 Å². The summed E-state index contributed by atoms with van der Waals surface area (Å²) < 4.78 is 28.9. The maximum absolute atomic E-state index is 12.4. The van der Waals surface area contributed by atoms with Gasteiger partial charge in [0.15, 0.2) is 15.1 Å². The number of sulfonamides is 1. The van der Waals surface area contributed by atoms with E-state index in [9.17, 15) is 8.42 Å². The molecule has 6 nitrogen and oxygen atoms in total. The summed E-state index contributed by atoms with van der Waals surface area (Å²) >= 11 is 7.30. The minimum Gasteiger partial charge on any atom is -0.302 e. The smallest absolute Gasteiger partial charge is 0.259 e. The minimum atomic E-state index is -3.66. The van der Waals surface area contributed by atoms with Gasteiger partial charge >= 0.3 is 0 Å². The largest absolute Gasteiger partial charge is 0.302 e. The van der Waals surface area contributed by atoms with E-state index in [0.29, 0.717) is 18.1 Å². The lowest BCUT2D eigenvalue weighted by atomic mass is 10.4. The Hall–Kier alpha value is -0.670. The Morgan fingerprint density at radius 3 is 2.86 bits per heavy atom. The first kappa shape index (κ1) is 16.7. The number of rotatable bonds is 8. The zero-order valence-corrected chi connectivity index (χ0v) is 14.4. The highest BCUT2D eigenvalue weighted by Gasteiger charge is 2.24. The van der Waals surface area contributed by atoms with E-state index in [1.165, 1.54) is 15.7 Å². The molecule has 0 aliphatic heterocycles. The number of thiazole rings is 1. The molecule has 0 unspecified atom stereocenters. The van der Waals surface area contributed by atoms with Gasteiger partial charge in [0.05, 0.1) is 0 Å². The highest BCUT2D eigenvalue weighted by atomic mass is 35.5. The van der Waals surface area contributed by atoms with E-state index in [0.717, 1.165) is 19.5 Å². The molecule has 9 heteroatoms. The fourth-order valence-electron chi connectivity index (χ4n) is 2.13. The molecule has 0 saturated heterocycles. The van der Waals surface area contributed by atoms with E-state index >= 15 is 0 Å². The Morgan fingerprint density at radius 1 is 1.43 bits per heavy atom. The van der Waals surface area contributed by atoms with E-state index in [4.69, 9.17) is 11.6 Å². The second-order valence-electron chi connectivity index (χ2n) is 4.60. The van der Waals surface area contributed by atoms with Crippen LogP contribution in [0.1, 0.15) is 20.3 Å². The van der Waals surface area contributed by atoms with Crippen LogP contribution in [0.4, 0.5) is 0 Å². The lowest BCUT2D eigenvalue weighted by molar-refractivity contribution is 0.293. The molecule has 0 aromatic carbocycles. The van der Waals surface area contributed by atoms with Crippen LogP contribution in [0.25, 0.3) is 4.96 Å². The zero-order chi connectivity index (χ0) is 15.5. The Balaban J connectivity index is 2.08. The number of hydrogen-bond donors (Lipinski definition) is 1. The third-order valence-electron chi connectivity index (χ3n) is 3.14. The first-order chi connectivity index (χ1) is 9.99. The first-order valence-electron chi connectivity index (χ1n) is 6.82. The van der Waals surface area contributed by atoms with Crippen molar-refractivity contribution in [3.8, 4) is 0 Å². The summed E-state index contributed by atoms with van der Waals surface area (Å²) in [5, 5.41) is 1.80. The van der Waals surface area contributed by atoms with Gasteiger partial charge in [0, 0.05) is 24.7 Å². The Kier molecular flexibility index (Phi) is 5.61. The third-order valence-corrected chi connectivity index (χ3v) is 5.76. The topological polar surface area (TPSA) is 66.7 Å². The van der Waals surface area contributed by atoms with Crippen molar-refractivity contribution < 1.29 is 8.42 Å². The number of likely N-dealkylation sites (N-methyl/N-ethyl adjacent to an activating group) is 1. The third kappa shape index (κ3) is 3.75. The van der Waals surface area contributed by atoms with E-state index < -0.39 is 10.0 Å². The highest BCUT2D eigenvalue weighted by molar-refractivity contribution is 7.89. The average Bonchev–Trinajstić information content (AvgIpc) is 2.96. The second-order valence-corrected chi connectivity index (χ2v) is 7.51. The van der Waals surface area contributed by atoms with Gasteiger partial charge in [-0.15, -0.1) is 11.3 Å². The van der Waals surface area contributed by atoms with Gasteiger partial charge in [-0.3, -0.25) is 4.40 Å². The molecule has 0 aliphatic carbocycles. The molecule has 0 saturated carbocycles. The highest BCUT2D eigenvalue weighted by Crippen LogP contribution is 2.24. The number of halogens is 1. The van der Waals surface area contributed by atoms with Gasteiger partial charge in [0.2, 0.25) is 0 Å². The van der Waals surface area contributed by atoms with E-state index in [-0.39, 0.29) is 10.2 Å². The molecule has 0 aliphatic rings. The molecule has 0 amide bonds. The van der Waals surface area contributed by atoms with Gasteiger partial charge in [-0.2, -0.15) is 0 Å². The van der Waals surface area contributed by atoms with Crippen LogP contribution >= 0.6 is 22.9 Å². The van der Waals surface area contributed by atoms with Crippen molar-refractivity contribution in [1.82, 2.24) is 19.0 Å². The SMILES string of the molecule is CCCN(CC)CCNS(=O)(=O)c1c(Cl)nc2sccn12. The summed E-state index contributed by atoms with van der Waals surface area (Å²) in [6.45, 7) is 7.05. The maximum Gasteiger partial charge on any atom is 0.259 e. The first-order valence-corrected chi connectivity index (χ1v) is 9.56. The van der Waals surface area contributed by atoms with Crippen LogP contribution in [0.3, 0.4) is 0 Å². The van der Waals surface area contributed by atoms with Crippen LogP contribution in [0.5, 0.6) is 0 Å². The molecule has 2 aromatic rings. The number of imidazole rings is 1. The maximum atomic E-state index is 12.4. The van der Waals surface area contributed by atoms with Crippen molar-refractivity contribution in [2.45, 2.75) is 25.3 Å². The van der Waals surface area contributed by atoms with E-state index in [1.54, 1.807) is 11.6 Å². The molecule has 0 spiro atoms. The number of nitrogens with zero attached hydrogens (tertiary/aromatic N) is 3. The van der Waals surface area contributed by atoms with Crippen LogP contribution in [-0.2, 0) is 10.0 Å². The lowest BCUT2D eigenvalue weighted by Crippen LogP contribution is -2.35. The van der Waals surface area contributed by atoms with Crippen LogP contribution in [0.2, 0.25) is 5.15 Å². The molecular weight excluding hydrogens is 332 g/mol. The standard InChI is InChI=1S/C12H19ClN4O2S2/c1-3-6-16(4-2)7-5-14-21(18,19)11-10(13)15-12-17(11)8-9-20-12/h8-9,14H,3-7H2,1-2H3. The molecule has 2 aromatic heterocycles. The Labute approximate surface area is 133 Å². The quantitative estimate of drug-likeness (QED) is 0.791. The van der Waals surface area contributed by atoms with Crippen LogP contribution in [-0.4, -0.2) is 48.9 Å². The second kappa shape index (κ2) is 7.06. The summed E-state index contributed by atoms with van der Waals surface area (Å²) in [5.74, 6) is 0. The summed E-state index contributed by atoms with van der Waals surface area (Å²) in [7, 11) is -3.66. The van der Waals surface area contributed by atoms with Crippen LogP contribution < -0.4 is 4.72 Å². The fourth-order valence-corrected chi connectivity index (χ4v) is 4.60. The summed E-state index contributed by atoms with van der Waals surface area (Å²) in [6, 6.07) is 0. The van der Waals surface area contributed by atoms with Gasteiger partial charge in [0.1, 0.15) is 0 Å². The van der Waals surface area contributed by atoms with Crippen LogP contribution in [0.15, 0.2) is 16.6 Å². The summed E-state index contributed by atoms with van der Waals surface area (Å²) in [6.07, 6.45) is 2.70. The monoisotopic (exact) mass is 350 g/mol. The minimum absolute atomic E-state index is 0.00950. The molecule has 0 radical (unpaired) electrons. The number of aromatic nitrogens is 2. The van der Waals surface area contributed by atoms with Gasteiger partial charge in [-0.05, 0) is 19.5 Å². The number of fused-ring (bicyclic) bond motifs is 1. The molecule has 0 fully saturated rings. The van der Waals surface area contributed by atoms with Crippen molar-refractivity contribution in [2.75, 3.05) is 26.2 Å². The summed E-state index contributed by atoms with van der Waals surface area (Å²) in [4.78, 5) is 6.81. The molecule has 21 heavy (non-hydrogen) atoms. The molecule has 1 N–H and O–H groups in total. The normalized spacial score (nSPS) is 12.6. The van der Waals surface area contributed by atoms with Crippen molar-refractivity contribution >= 4 is 37.9 Å². The van der Waals surface area contributed by atoms with Crippen molar-refractivity contribution in [1.29, 1.82) is 0 Å². The van der Waals surface area contributed by atoms with Gasteiger partial charge in [-0.1, -0.05) is 25.4 Å².